The zero-order valence-electron chi connectivity index (χ0n) is 11.4. The number of aliphatic hydroxyl groups excluding tert-OH is 1. The van der Waals surface area contributed by atoms with E-state index in [0.29, 0.717) is 6.61 Å². The fraction of sp³-hybridized carbons (Fsp3) is 0.571. The fourth-order valence-corrected chi connectivity index (χ4v) is 2.37. The van der Waals surface area contributed by atoms with Gasteiger partial charge in [0.2, 0.25) is 0 Å². The molecular formula is C14H18BrF2NO3. The van der Waals surface area contributed by atoms with Gasteiger partial charge < -0.3 is 19.9 Å². The first-order valence-electron chi connectivity index (χ1n) is 6.82. The highest BCUT2D eigenvalue weighted by molar-refractivity contribution is 9.10. The van der Waals surface area contributed by atoms with E-state index in [-0.39, 0.29) is 29.4 Å². The topological polar surface area (TPSA) is 50.7 Å². The predicted molar refractivity (Wildman–Crippen MR) is 78.3 cm³/mol. The van der Waals surface area contributed by atoms with E-state index in [9.17, 15) is 13.9 Å². The van der Waals surface area contributed by atoms with E-state index in [0.717, 1.165) is 31.6 Å². The quantitative estimate of drug-likeness (QED) is 0.729. The highest BCUT2D eigenvalue weighted by Crippen LogP contribution is 2.23. The lowest BCUT2D eigenvalue weighted by atomic mass is 10.2. The van der Waals surface area contributed by atoms with Crippen LogP contribution < -0.4 is 5.32 Å². The molecule has 7 heteroatoms. The molecule has 0 amide bonds. The van der Waals surface area contributed by atoms with Crippen LogP contribution >= 0.6 is 15.9 Å². The van der Waals surface area contributed by atoms with Crippen molar-refractivity contribution >= 4 is 21.6 Å². The maximum absolute atomic E-state index is 13.5. The Morgan fingerprint density at radius 1 is 1.43 bits per heavy atom. The maximum atomic E-state index is 13.5. The van der Waals surface area contributed by atoms with Crippen molar-refractivity contribution in [1.29, 1.82) is 0 Å². The highest BCUT2D eigenvalue weighted by atomic mass is 79.9. The number of rotatable bonds is 7. The number of benzene rings is 1. The van der Waals surface area contributed by atoms with Gasteiger partial charge in [0.25, 0.3) is 0 Å². The number of aliphatic hydroxyl groups is 1. The molecule has 0 bridgehead atoms. The second-order valence-electron chi connectivity index (χ2n) is 4.95. The molecule has 1 aliphatic rings. The standard InChI is InChI=1S/C14H18BrF2NO3/c15-11-4-13(17)14(5-12(11)16)18-6-9(19)7-20-8-10-2-1-3-21-10/h4-5,9-10,18-19H,1-3,6-8H2. The van der Waals surface area contributed by atoms with Gasteiger partial charge in [-0.25, -0.2) is 8.78 Å². The minimum absolute atomic E-state index is 0.00822. The first-order chi connectivity index (χ1) is 10.1. The van der Waals surface area contributed by atoms with Crippen molar-refractivity contribution in [2.75, 3.05) is 31.7 Å². The van der Waals surface area contributed by atoms with Crippen LogP contribution in [0.15, 0.2) is 16.6 Å². The van der Waals surface area contributed by atoms with Crippen LogP contribution in [0.25, 0.3) is 0 Å². The molecule has 1 saturated heterocycles. The van der Waals surface area contributed by atoms with Gasteiger partial charge in [-0.05, 0) is 34.8 Å². The van der Waals surface area contributed by atoms with E-state index in [4.69, 9.17) is 9.47 Å². The van der Waals surface area contributed by atoms with Crippen molar-refractivity contribution in [1.82, 2.24) is 0 Å². The van der Waals surface area contributed by atoms with Crippen molar-refractivity contribution < 1.29 is 23.4 Å². The molecule has 0 saturated carbocycles. The maximum Gasteiger partial charge on any atom is 0.147 e. The molecular weight excluding hydrogens is 348 g/mol. The van der Waals surface area contributed by atoms with Gasteiger partial charge in [-0.2, -0.15) is 0 Å². The molecule has 1 heterocycles. The third-order valence-electron chi connectivity index (χ3n) is 3.18. The van der Waals surface area contributed by atoms with Crippen molar-refractivity contribution in [3.8, 4) is 0 Å². The summed E-state index contributed by atoms with van der Waals surface area (Å²) in [5.74, 6) is -1.15. The van der Waals surface area contributed by atoms with Crippen LogP contribution in [-0.2, 0) is 9.47 Å². The van der Waals surface area contributed by atoms with Gasteiger partial charge in [-0.1, -0.05) is 0 Å². The molecule has 2 atom stereocenters. The Kier molecular flexibility index (Phi) is 6.35. The fourth-order valence-electron chi connectivity index (χ4n) is 2.06. The Morgan fingerprint density at radius 2 is 2.24 bits per heavy atom. The molecule has 0 radical (unpaired) electrons. The van der Waals surface area contributed by atoms with Crippen molar-refractivity contribution in [2.24, 2.45) is 0 Å². The summed E-state index contributed by atoms with van der Waals surface area (Å²) in [6.07, 6.45) is 1.30. The highest BCUT2D eigenvalue weighted by Gasteiger charge is 2.16. The molecule has 0 aliphatic carbocycles. The van der Waals surface area contributed by atoms with E-state index in [2.05, 4.69) is 21.2 Å². The van der Waals surface area contributed by atoms with Crippen LogP contribution in [-0.4, -0.2) is 43.7 Å². The Balaban J connectivity index is 1.70. The van der Waals surface area contributed by atoms with Gasteiger partial charge in [0, 0.05) is 19.2 Å². The van der Waals surface area contributed by atoms with Crippen LogP contribution in [0.1, 0.15) is 12.8 Å². The zero-order chi connectivity index (χ0) is 15.2. The predicted octanol–water partition coefficient (Wildman–Crippen LogP) is 2.70. The molecule has 4 nitrogen and oxygen atoms in total. The van der Waals surface area contributed by atoms with Crippen molar-refractivity contribution in [2.45, 2.75) is 25.0 Å². The van der Waals surface area contributed by atoms with Gasteiger partial charge in [-0.15, -0.1) is 0 Å². The average molecular weight is 366 g/mol. The Hall–Kier alpha value is -0.760. The summed E-state index contributed by atoms with van der Waals surface area (Å²) < 4.78 is 37.7. The molecule has 0 spiro atoms. The normalized spacial score (nSPS) is 19.7. The van der Waals surface area contributed by atoms with Crippen LogP contribution in [0.3, 0.4) is 0 Å². The molecule has 21 heavy (non-hydrogen) atoms. The lowest BCUT2D eigenvalue weighted by Crippen LogP contribution is -2.27. The van der Waals surface area contributed by atoms with Gasteiger partial charge in [0.05, 0.1) is 35.6 Å². The Bertz CT molecular complexity index is 470. The molecule has 2 unspecified atom stereocenters. The van der Waals surface area contributed by atoms with E-state index >= 15 is 0 Å². The molecule has 1 aromatic rings. The van der Waals surface area contributed by atoms with Crippen molar-refractivity contribution in [3.63, 3.8) is 0 Å². The summed E-state index contributed by atoms with van der Waals surface area (Å²) in [6.45, 7) is 1.39. The third kappa shape index (κ3) is 5.18. The average Bonchev–Trinajstić information content (AvgIpc) is 2.94. The minimum Gasteiger partial charge on any atom is -0.389 e. The summed E-state index contributed by atoms with van der Waals surface area (Å²) in [6, 6.07) is 2.08. The minimum atomic E-state index is -0.808. The number of ether oxygens (including phenoxy) is 2. The summed E-state index contributed by atoms with van der Waals surface area (Å²) >= 11 is 2.90. The number of hydrogen-bond donors (Lipinski definition) is 2. The van der Waals surface area contributed by atoms with E-state index < -0.39 is 17.7 Å². The molecule has 1 aromatic carbocycles. The summed E-state index contributed by atoms with van der Waals surface area (Å²) in [5, 5.41) is 12.4. The second kappa shape index (κ2) is 8.03. The lowest BCUT2D eigenvalue weighted by Gasteiger charge is -2.15. The number of halogens is 3. The Morgan fingerprint density at radius 3 is 2.95 bits per heavy atom. The largest absolute Gasteiger partial charge is 0.389 e. The van der Waals surface area contributed by atoms with Crippen LogP contribution in [0, 0.1) is 11.6 Å². The molecule has 1 fully saturated rings. The smallest absolute Gasteiger partial charge is 0.147 e. The first kappa shape index (κ1) is 16.6. The first-order valence-corrected chi connectivity index (χ1v) is 7.61. The SMILES string of the molecule is OC(CNc1cc(F)c(Br)cc1F)COCC1CCCO1. The lowest BCUT2D eigenvalue weighted by molar-refractivity contribution is -0.0137. The monoisotopic (exact) mass is 365 g/mol. The number of hydrogen-bond acceptors (Lipinski definition) is 4. The second-order valence-corrected chi connectivity index (χ2v) is 5.81. The number of anilines is 1. The van der Waals surface area contributed by atoms with Gasteiger partial charge in [0.1, 0.15) is 11.6 Å². The Labute approximate surface area is 130 Å². The van der Waals surface area contributed by atoms with E-state index in [1.807, 2.05) is 0 Å². The van der Waals surface area contributed by atoms with Gasteiger partial charge in [0.15, 0.2) is 0 Å². The summed E-state index contributed by atoms with van der Waals surface area (Å²) in [7, 11) is 0. The van der Waals surface area contributed by atoms with Crippen LogP contribution in [0.5, 0.6) is 0 Å². The molecule has 1 aliphatic heterocycles. The van der Waals surface area contributed by atoms with Crippen molar-refractivity contribution in [3.05, 3.63) is 28.2 Å². The summed E-state index contributed by atoms with van der Waals surface area (Å²) in [5.41, 5.74) is 0.00822. The van der Waals surface area contributed by atoms with Crippen LogP contribution in [0.4, 0.5) is 14.5 Å². The third-order valence-corrected chi connectivity index (χ3v) is 3.78. The van der Waals surface area contributed by atoms with Gasteiger partial charge in [-0.3, -0.25) is 0 Å². The zero-order valence-corrected chi connectivity index (χ0v) is 13.0. The van der Waals surface area contributed by atoms with Gasteiger partial charge >= 0.3 is 0 Å². The molecule has 2 N–H and O–H groups in total. The molecule has 118 valence electrons. The molecule has 2 rings (SSSR count). The van der Waals surface area contributed by atoms with E-state index in [1.165, 1.54) is 0 Å². The van der Waals surface area contributed by atoms with E-state index in [1.54, 1.807) is 0 Å². The molecule has 0 aromatic heterocycles. The van der Waals surface area contributed by atoms with Crippen LogP contribution in [0.2, 0.25) is 0 Å². The number of nitrogens with one attached hydrogen (secondary N) is 1. The summed E-state index contributed by atoms with van der Waals surface area (Å²) in [4.78, 5) is 0.